The van der Waals surface area contributed by atoms with Crippen molar-refractivity contribution in [2.75, 3.05) is 0 Å². The summed E-state index contributed by atoms with van der Waals surface area (Å²) in [4.78, 5) is 4.15. The topological polar surface area (TPSA) is 12.9 Å². The molecule has 0 saturated carbocycles. The van der Waals surface area contributed by atoms with Gasteiger partial charge < -0.3 is 0 Å². The fraction of sp³-hybridized carbons (Fsp3) is 0.214. The van der Waals surface area contributed by atoms with Gasteiger partial charge in [-0.05, 0) is 76.7 Å². The van der Waals surface area contributed by atoms with Crippen molar-refractivity contribution in [1.29, 1.82) is 0 Å². The van der Waals surface area contributed by atoms with E-state index in [1.54, 1.807) is 0 Å². The van der Waals surface area contributed by atoms with Crippen LogP contribution in [-0.2, 0) is 0 Å². The molecule has 0 radical (unpaired) electrons. The Labute approximate surface area is 105 Å². The fourth-order valence-electron chi connectivity index (χ4n) is 1.84. The van der Waals surface area contributed by atoms with Crippen molar-refractivity contribution < 1.29 is 0 Å². The van der Waals surface area contributed by atoms with Gasteiger partial charge in [-0.3, -0.25) is 0 Å². The van der Waals surface area contributed by atoms with Gasteiger partial charge in [-0.15, -0.1) is 0 Å². The number of halogens is 1. The average Bonchev–Trinajstić information content (AvgIpc) is 2.26. The lowest BCUT2D eigenvalue weighted by atomic mass is 9.95. The Kier molecular flexibility index (Phi) is 3.10. The van der Waals surface area contributed by atoms with Gasteiger partial charge in [-0.2, -0.15) is 0 Å². The SMILES string of the molecule is Cc1ccc(-c2ccnc(Br)c2)c(C)c1C. The number of benzene rings is 1. The highest BCUT2D eigenvalue weighted by molar-refractivity contribution is 9.10. The summed E-state index contributed by atoms with van der Waals surface area (Å²) in [6.45, 7) is 6.49. The summed E-state index contributed by atoms with van der Waals surface area (Å²) in [5.41, 5.74) is 6.55. The van der Waals surface area contributed by atoms with Gasteiger partial charge in [0.2, 0.25) is 0 Å². The van der Waals surface area contributed by atoms with Crippen LogP contribution in [0.25, 0.3) is 11.1 Å². The Hall–Kier alpha value is -1.15. The molecule has 1 aromatic heterocycles. The molecule has 82 valence electrons. The van der Waals surface area contributed by atoms with E-state index in [-0.39, 0.29) is 0 Å². The van der Waals surface area contributed by atoms with Gasteiger partial charge >= 0.3 is 0 Å². The third kappa shape index (κ3) is 2.03. The minimum atomic E-state index is 0.877. The summed E-state index contributed by atoms with van der Waals surface area (Å²) in [5.74, 6) is 0. The maximum atomic E-state index is 4.15. The standard InChI is InChI=1S/C14H14BrN/c1-9-4-5-13(11(3)10(9)2)12-6-7-16-14(15)8-12/h4-8H,1-3H3. The molecule has 16 heavy (non-hydrogen) atoms. The molecule has 0 N–H and O–H groups in total. The normalized spacial score (nSPS) is 10.5. The predicted molar refractivity (Wildman–Crippen MR) is 71.6 cm³/mol. The molecule has 0 unspecified atom stereocenters. The van der Waals surface area contributed by atoms with Crippen LogP contribution in [0.5, 0.6) is 0 Å². The molecule has 0 atom stereocenters. The van der Waals surface area contributed by atoms with Crippen LogP contribution in [0.1, 0.15) is 16.7 Å². The van der Waals surface area contributed by atoms with Crippen LogP contribution < -0.4 is 0 Å². The summed E-state index contributed by atoms with van der Waals surface area (Å²) < 4.78 is 0.877. The van der Waals surface area contributed by atoms with Crippen molar-refractivity contribution in [2.24, 2.45) is 0 Å². The molecule has 2 rings (SSSR count). The Morgan fingerprint density at radius 3 is 2.44 bits per heavy atom. The van der Waals surface area contributed by atoms with E-state index < -0.39 is 0 Å². The van der Waals surface area contributed by atoms with E-state index >= 15 is 0 Å². The Balaban J connectivity index is 2.61. The van der Waals surface area contributed by atoms with Crippen LogP contribution >= 0.6 is 15.9 Å². The van der Waals surface area contributed by atoms with Gasteiger partial charge in [0.1, 0.15) is 4.60 Å². The molecule has 2 heteroatoms. The molecule has 2 aromatic rings. The first kappa shape index (κ1) is 11.3. The maximum absolute atomic E-state index is 4.15. The number of nitrogens with zero attached hydrogens (tertiary/aromatic N) is 1. The highest BCUT2D eigenvalue weighted by Crippen LogP contribution is 2.28. The van der Waals surface area contributed by atoms with E-state index in [1.807, 2.05) is 12.3 Å². The summed E-state index contributed by atoms with van der Waals surface area (Å²) in [6, 6.07) is 8.45. The lowest BCUT2D eigenvalue weighted by Crippen LogP contribution is -1.91. The van der Waals surface area contributed by atoms with Gasteiger partial charge in [0.05, 0.1) is 0 Å². The first-order chi connectivity index (χ1) is 7.59. The Morgan fingerprint density at radius 1 is 1.00 bits per heavy atom. The third-order valence-corrected chi connectivity index (χ3v) is 3.53. The first-order valence-electron chi connectivity index (χ1n) is 5.28. The number of pyridine rings is 1. The highest BCUT2D eigenvalue weighted by atomic mass is 79.9. The van der Waals surface area contributed by atoms with Gasteiger partial charge in [-0.1, -0.05) is 12.1 Å². The number of aromatic nitrogens is 1. The second-order valence-electron chi connectivity index (χ2n) is 4.05. The first-order valence-corrected chi connectivity index (χ1v) is 6.07. The zero-order chi connectivity index (χ0) is 11.7. The van der Waals surface area contributed by atoms with Crippen molar-refractivity contribution in [2.45, 2.75) is 20.8 Å². The lowest BCUT2D eigenvalue weighted by Gasteiger charge is -2.11. The highest BCUT2D eigenvalue weighted by Gasteiger charge is 2.06. The van der Waals surface area contributed by atoms with Crippen molar-refractivity contribution in [1.82, 2.24) is 4.98 Å². The summed E-state index contributed by atoms with van der Waals surface area (Å²) >= 11 is 3.41. The van der Waals surface area contributed by atoms with Crippen molar-refractivity contribution in [3.05, 3.63) is 51.8 Å². The molecular weight excluding hydrogens is 262 g/mol. The fourth-order valence-corrected chi connectivity index (χ4v) is 2.20. The predicted octanol–water partition coefficient (Wildman–Crippen LogP) is 4.44. The molecular formula is C14H14BrN. The van der Waals surface area contributed by atoms with Crippen LogP contribution in [0.2, 0.25) is 0 Å². The molecule has 0 fully saturated rings. The van der Waals surface area contributed by atoms with E-state index in [0.717, 1.165) is 4.60 Å². The molecule has 1 heterocycles. The third-order valence-electron chi connectivity index (χ3n) is 3.10. The van der Waals surface area contributed by atoms with Gasteiger partial charge in [0, 0.05) is 6.20 Å². The number of hydrogen-bond acceptors (Lipinski definition) is 1. The molecule has 0 amide bonds. The zero-order valence-corrected chi connectivity index (χ0v) is 11.3. The lowest BCUT2D eigenvalue weighted by molar-refractivity contribution is 1.25. The molecule has 0 spiro atoms. The molecule has 0 bridgehead atoms. The molecule has 1 nitrogen and oxygen atoms in total. The smallest absolute Gasteiger partial charge is 0.106 e. The van der Waals surface area contributed by atoms with Crippen LogP contribution in [0.3, 0.4) is 0 Å². The van der Waals surface area contributed by atoms with E-state index in [0.29, 0.717) is 0 Å². The second kappa shape index (κ2) is 4.38. The summed E-state index contributed by atoms with van der Waals surface area (Å²) in [5, 5.41) is 0. The van der Waals surface area contributed by atoms with Crippen molar-refractivity contribution in [3.63, 3.8) is 0 Å². The van der Waals surface area contributed by atoms with E-state index in [1.165, 1.54) is 27.8 Å². The summed E-state index contributed by atoms with van der Waals surface area (Å²) in [6.07, 6.45) is 1.83. The van der Waals surface area contributed by atoms with Crippen LogP contribution in [0.15, 0.2) is 35.1 Å². The maximum Gasteiger partial charge on any atom is 0.106 e. The van der Waals surface area contributed by atoms with E-state index in [9.17, 15) is 0 Å². The minimum absolute atomic E-state index is 0.877. The van der Waals surface area contributed by atoms with Gasteiger partial charge in [-0.25, -0.2) is 4.98 Å². The molecule has 0 saturated heterocycles. The molecule has 0 aliphatic heterocycles. The summed E-state index contributed by atoms with van der Waals surface area (Å²) in [7, 11) is 0. The Morgan fingerprint density at radius 2 is 1.75 bits per heavy atom. The number of hydrogen-bond donors (Lipinski definition) is 0. The van der Waals surface area contributed by atoms with Crippen LogP contribution in [0.4, 0.5) is 0 Å². The molecule has 0 aliphatic rings. The number of aryl methyl sites for hydroxylation is 1. The quantitative estimate of drug-likeness (QED) is 0.702. The largest absolute Gasteiger partial charge is 0.249 e. The average molecular weight is 276 g/mol. The van der Waals surface area contributed by atoms with Crippen LogP contribution in [0, 0.1) is 20.8 Å². The van der Waals surface area contributed by atoms with Gasteiger partial charge in [0.25, 0.3) is 0 Å². The monoisotopic (exact) mass is 275 g/mol. The van der Waals surface area contributed by atoms with Gasteiger partial charge in [0.15, 0.2) is 0 Å². The Bertz CT molecular complexity index is 532. The zero-order valence-electron chi connectivity index (χ0n) is 9.71. The van der Waals surface area contributed by atoms with E-state index in [4.69, 9.17) is 0 Å². The minimum Gasteiger partial charge on any atom is -0.249 e. The number of rotatable bonds is 1. The second-order valence-corrected chi connectivity index (χ2v) is 4.86. The molecule has 1 aromatic carbocycles. The molecule has 0 aliphatic carbocycles. The van der Waals surface area contributed by atoms with Crippen molar-refractivity contribution in [3.8, 4) is 11.1 Å². The van der Waals surface area contributed by atoms with Crippen molar-refractivity contribution >= 4 is 15.9 Å². The van der Waals surface area contributed by atoms with E-state index in [2.05, 4.69) is 59.9 Å². The van der Waals surface area contributed by atoms with Crippen LogP contribution in [-0.4, -0.2) is 4.98 Å².